The predicted molar refractivity (Wildman–Crippen MR) is 95.4 cm³/mol. The number of likely N-dealkylation sites (tertiary alicyclic amines) is 1. The van der Waals surface area contributed by atoms with Crippen LogP contribution < -0.4 is 0 Å². The molecule has 0 bridgehead atoms. The number of ether oxygens (including phenoxy) is 1. The number of piperidine rings is 1. The minimum atomic E-state index is -0.504. The third kappa shape index (κ3) is 4.04. The summed E-state index contributed by atoms with van der Waals surface area (Å²) in [5.74, 6) is -0.636. The molecule has 1 aliphatic rings. The normalized spacial score (nSPS) is 17.4. The summed E-state index contributed by atoms with van der Waals surface area (Å²) in [6.45, 7) is 4.31. The van der Waals surface area contributed by atoms with E-state index in [4.69, 9.17) is 4.74 Å². The molecule has 7 heteroatoms. The molecule has 0 aliphatic carbocycles. The highest BCUT2D eigenvalue weighted by Gasteiger charge is 2.25. The number of carbonyl (C=O) groups is 2. The van der Waals surface area contributed by atoms with Gasteiger partial charge in [0.15, 0.2) is 6.61 Å². The Morgan fingerprint density at radius 2 is 2.20 bits per heavy atom. The monoisotopic (exact) mass is 359 g/mol. The zero-order valence-electron chi connectivity index (χ0n) is 14.4. The number of aryl methyl sites for hydroxylation is 1. The number of amides is 1. The molecule has 1 amide bonds. The topological polar surface area (TPSA) is 72.4 Å². The average molecular weight is 359 g/mol. The van der Waals surface area contributed by atoms with E-state index in [1.165, 1.54) is 11.3 Å². The third-order valence-electron chi connectivity index (χ3n) is 4.32. The van der Waals surface area contributed by atoms with E-state index in [1.807, 2.05) is 25.1 Å². The molecule has 132 valence electrons. The first-order chi connectivity index (χ1) is 12.1. The van der Waals surface area contributed by atoms with Gasteiger partial charge in [-0.3, -0.25) is 9.78 Å². The summed E-state index contributed by atoms with van der Waals surface area (Å²) in [6.07, 6.45) is 4.83. The predicted octanol–water partition coefficient (Wildman–Crippen LogP) is 3.07. The Bertz CT molecular complexity index is 760. The molecule has 0 unspecified atom stereocenters. The average Bonchev–Trinajstić information content (AvgIpc) is 3.02. The van der Waals surface area contributed by atoms with Gasteiger partial charge >= 0.3 is 5.97 Å². The number of hydrogen-bond donors (Lipinski definition) is 0. The van der Waals surface area contributed by atoms with Gasteiger partial charge in [0.1, 0.15) is 9.88 Å². The van der Waals surface area contributed by atoms with Crippen LogP contribution in [0.4, 0.5) is 0 Å². The van der Waals surface area contributed by atoms with Crippen LogP contribution in [-0.4, -0.2) is 45.9 Å². The van der Waals surface area contributed by atoms with Crippen molar-refractivity contribution < 1.29 is 14.3 Å². The number of rotatable bonds is 4. The third-order valence-corrected chi connectivity index (χ3v) is 5.48. The van der Waals surface area contributed by atoms with Crippen molar-refractivity contribution in [3.63, 3.8) is 0 Å². The Kier molecular flexibility index (Phi) is 5.43. The molecule has 0 N–H and O–H groups in total. The van der Waals surface area contributed by atoms with Crippen LogP contribution in [0.25, 0.3) is 10.7 Å². The van der Waals surface area contributed by atoms with Gasteiger partial charge < -0.3 is 9.64 Å². The van der Waals surface area contributed by atoms with Gasteiger partial charge in [-0.15, -0.1) is 11.3 Å². The van der Waals surface area contributed by atoms with E-state index in [0.717, 1.165) is 25.8 Å². The molecular formula is C18H21N3O3S. The van der Waals surface area contributed by atoms with Crippen LogP contribution in [0.1, 0.15) is 41.6 Å². The first-order valence-corrected chi connectivity index (χ1v) is 9.23. The van der Waals surface area contributed by atoms with Gasteiger partial charge in [0.25, 0.3) is 5.91 Å². The lowest BCUT2D eigenvalue weighted by molar-refractivity contribution is -0.137. The molecule has 3 rings (SSSR count). The molecule has 2 aromatic heterocycles. The van der Waals surface area contributed by atoms with Crippen molar-refractivity contribution in [1.82, 2.24) is 14.9 Å². The van der Waals surface area contributed by atoms with Gasteiger partial charge in [-0.2, -0.15) is 0 Å². The fourth-order valence-corrected chi connectivity index (χ4v) is 3.87. The maximum absolute atomic E-state index is 12.3. The van der Waals surface area contributed by atoms with E-state index in [1.54, 1.807) is 18.0 Å². The van der Waals surface area contributed by atoms with Gasteiger partial charge in [-0.1, -0.05) is 6.07 Å². The molecule has 0 aromatic carbocycles. The Balaban J connectivity index is 1.64. The Hall–Kier alpha value is -2.28. The zero-order valence-corrected chi connectivity index (χ0v) is 15.2. The highest BCUT2D eigenvalue weighted by molar-refractivity contribution is 7.17. The van der Waals surface area contributed by atoms with E-state index in [2.05, 4.69) is 9.97 Å². The van der Waals surface area contributed by atoms with Crippen LogP contribution in [0.2, 0.25) is 0 Å². The lowest BCUT2D eigenvalue weighted by Gasteiger charge is -2.33. The van der Waals surface area contributed by atoms with Crippen LogP contribution in [0, 0.1) is 6.92 Å². The van der Waals surface area contributed by atoms with Crippen LogP contribution in [-0.2, 0) is 9.53 Å². The van der Waals surface area contributed by atoms with Gasteiger partial charge in [0, 0.05) is 18.8 Å². The molecule has 1 aliphatic heterocycles. The molecule has 0 saturated carbocycles. The van der Waals surface area contributed by atoms with Crippen molar-refractivity contribution in [2.75, 3.05) is 13.2 Å². The second-order valence-corrected chi connectivity index (χ2v) is 7.16. The van der Waals surface area contributed by atoms with E-state index >= 15 is 0 Å². The Morgan fingerprint density at radius 1 is 1.36 bits per heavy atom. The summed E-state index contributed by atoms with van der Waals surface area (Å²) >= 11 is 1.24. The summed E-state index contributed by atoms with van der Waals surface area (Å²) in [7, 11) is 0. The van der Waals surface area contributed by atoms with Crippen molar-refractivity contribution >= 4 is 23.2 Å². The summed E-state index contributed by atoms with van der Waals surface area (Å²) in [5, 5.41) is 0.668. The van der Waals surface area contributed by atoms with Crippen LogP contribution in [0.5, 0.6) is 0 Å². The van der Waals surface area contributed by atoms with Crippen LogP contribution in [0.3, 0.4) is 0 Å². The number of thiazole rings is 1. The maximum Gasteiger partial charge on any atom is 0.350 e. The number of pyridine rings is 1. The second kappa shape index (κ2) is 7.74. The second-order valence-electron chi connectivity index (χ2n) is 6.16. The van der Waals surface area contributed by atoms with Crippen molar-refractivity contribution in [2.45, 2.75) is 39.2 Å². The van der Waals surface area contributed by atoms with E-state index in [9.17, 15) is 9.59 Å². The Labute approximate surface area is 150 Å². The first-order valence-electron chi connectivity index (χ1n) is 8.41. The van der Waals surface area contributed by atoms with Crippen molar-refractivity contribution in [2.24, 2.45) is 0 Å². The number of hydrogen-bond acceptors (Lipinski definition) is 6. The molecule has 25 heavy (non-hydrogen) atoms. The zero-order chi connectivity index (χ0) is 17.8. The summed E-state index contributed by atoms with van der Waals surface area (Å²) in [5.41, 5.74) is 1.31. The quantitative estimate of drug-likeness (QED) is 0.785. The summed E-state index contributed by atoms with van der Waals surface area (Å²) in [4.78, 5) is 35.5. The fraction of sp³-hybridized carbons (Fsp3) is 0.444. The fourth-order valence-electron chi connectivity index (χ4n) is 2.93. The highest BCUT2D eigenvalue weighted by Crippen LogP contribution is 2.27. The standard InChI is InChI=1S/C18H21N3O3S/c1-12-7-4-6-10-21(12)15(22)11-24-18(23)16-13(2)20-17(25-16)14-8-3-5-9-19-14/h3,5,8-9,12H,4,6-7,10-11H2,1-2H3/t12-/m1/s1. The van der Waals surface area contributed by atoms with Gasteiger partial charge in [-0.25, -0.2) is 9.78 Å². The number of esters is 1. The lowest BCUT2D eigenvalue weighted by Crippen LogP contribution is -2.44. The van der Waals surface area contributed by atoms with E-state index < -0.39 is 5.97 Å². The summed E-state index contributed by atoms with van der Waals surface area (Å²) in [6, 6.07) is 5.75. The van der Waals surface area contributed by atoms with Crippen molar-refractivity contribution in [3.8, 4) is 10.7 Å². The maximum atomic E-state index is 12.3. The van der Waals surface area contributed by atoms with E-state index in [0.29, 0.717) is 21.3 Å². The first kappa shape index (κ1) is 17.5. The molecule has 0 radical (unpaired) electrons. The lowest BCUT2D eigenvalue weighted by atomic mass is 10.0. The van der Waals surface area contributed by atoms with Gasteiger partial charge in [0.05, 0.1) is 11.4 Å². The summed E-state index contributed by atoms with van der Waals surface area (Å²) < 4.78 is 5.24. The molecule has 6 nitrogen and oxygen atoms in total. The van der Waals surface area contributed by atoms with Crippen LogP contribution in [0.15, 0.2) is 24.4 Å². The number of carbonyl (C=O) groups excluding carboxylic acids is 2. The van der Waals surface area contributed by atoms with Gasteiger partial charge in [0.2, 0.25) is 0 Å². The minimum absolute atomic E-state index is 0.132. The largest absolute Gasteiger partial charge is 0.451 e. The SMILES string of the molecule is Cc1nc(-c2ccccn2)sc1C(=O)OCC(=O)N1CCCC[C@H]1C. The van der Waals surface area contributed by atoms with Crippen LogP contribution >= 0.6 is 11.3 Å². The molecular weight excluding hydrogens is 338 g/mol. The highest BCUT2D eigenvalue weighted by atomic mass is 32.1. The van der Waals surface area contributed by atoms with E-state index in [-0.39, 0.29) is 18.6 Å². The molecule has 1 fully saturated rings. The Morgan fingerprint density at radius 3 is 2.92 bits per heavy atom. The van der Waals surface area contributed by atoms with Crippen molar-refractivity contribution in [1.29, 1.82) is 0 Å². The molecule has 3 heterocycles. The number of aromatic nitrogens is 2. The minimum Gasteiger partial charge on any atom is -0.451 e. The van der Waals surface area contributed by atoms with Crippen molar-refractivity contribution in [3.05, 3.63) is 35.0 Å². The molecule has 1 saturated heterocycles. The number of nitrogens with zero attached hydrogens (tertiary/aromatic N) is 3. The molecule has 1 atom stereocenters. The molecule has 2 aromatic rings. The molecule has 0 spiro atoms. The smallest absolute Gasteiger partial charge is 0.350 e. The van der Waals surface area contributed by atoms with Gasteiger partial charge in [-0.05, 0) is 45.2 Å².